The van der Waals surface area contributed by atoms with Crippen LogP contribution >= 0.6 is 11.6 Å². The lowest BCUT2D eigenvalue weighted by molar-refractivity contribution is -0.124. The first-order valence-electron chi connectivity index (χ1n) is 9.76. The van der Waals surface area contributed by atoms with Gasteiger partial charge in [-0.1, -0.05) is 44.5 Å². The molecule has 0 bridgehead atoms. The molecule has 0 aliphatic carbocycles. The quantitative estimate of drug-likeness (QED) is 0.569. The van der Waals surface area contributed by atoms with E-state index in [9.17, 15) is 4.79 Å². The highest BCUT2D eigenvalue weighted by Crippen LogP contribution is 2.24. The summed E-state index contributed by atoms with van der Waals surface area (Å²) in [7, 11) is 2.11. The van der Waals surface area contributed by atoms with Crippen molar-refractivity contribution in [3.8, 4) is 0 Å². The van der Waals surface area contributed by atoms with Crippen molar-refractivity contribution in [2.24, 2.45) is 13.0 Å². The molecule has 0 radical (unpaired) electrons. The third-order valence-electron chi connectivity index (χ3n) is 5.09. The highest BCUT2D eigenvalue weighted by Gasteiger charge is 2.08. The number of amides is 1. The lowest BCUT2D eigenvalue weighted by atomic mass is 10.1. The summed E-state index contributed by atoms with van der Waals surface area (Å²) >= 11 is 6.38. The number of carbonyl (C=O) groups is 1. The zero-order valence-electron chi connectivity index (χ0n) is 17.0. The van der Waals surface area contributed by atoms with E-state index in [0.29, 0.717) is 13.1 Å². The van der Waals surface area contributed by atoms with Crippen molar-refractivity contribution in [1.82, 2.24) is 9.88 Å². The maximum absolute atomic E-state index is 11.8. The molecule has 4 nitrogen and oxygen atoms in total. The van der Waals surface area contributed by atoms with E-state index in [0.717, 1.165) is 28.3 Å². The Morgan fingerprint density at radius 2 is 1.89 bits per heavy atom. The van der Waals surface area contributed by atoms with Crippen molar-refractivity contribution in [2.75, 3.05) is 5.32 Å². The summed E-state index contributed by atoms with van der Waals surface area (Å²) < 4.78 is 2.24. The van der Waals surface area contributed by atoms with Gasteiger partial charge >= 0.3 is 0 Å². The average Bonchev–Trinajstić information content (AvgIpc) is 3.01. The fourth-order valence-electron chi connectivity index (χ4n) is 3.32. The standard InChI is InChI=1S/C23H28ClN3O/c1-5-20-12-17-11-19(7-9-22(17)27(20)4)25-14-18-10-16(6-8-21(18)24)13-26-23(28)15(2)3/h6-12,15,25H,5,13-14H2,1-4H3,(H,26,28). The van der Waals surface area contributed by atoms with Crippen LogP contribution < -0.4 is 10.6 Å². The van der Waals surface area contributed by atoms with Crippen LogP contribution in [0.5, 0.6) is 0 Å². The summed E-state index contributed by atoms with van der Waals surface area (Å²) in [5.74, 6) is 0.0341. The van der Waals surface area contributed by atoms with Gasteiger partial charge in [-0.15, -0.1) is 0 Å². The molecule has 0 saturated heterocycles. The van der Waals surface area contributed by atoms with Crippen LogP contribution in [0, 0.1) is 5.92 Å². The van der Waals surface area contributed by atoms with E-state index in [-0.39, 0.29) is 11.8 Å². The minimum absolute atomic E-state index is 0.0189. The van der Waals surface area contributed by atoms with E-state index in [2.05, 4.69) is 53.4 Å². The number of halogens is 1. The molecular formula is C23H28ClN3O. The maximum Gasteiger partial charge on any atom is 0.222 e. The van der Waals surface area contributed by atoms with Crippen LogP contribution in [-0.2, 0) is 31.4 Å². The number of aromatic nitrogens is 1. The molecule has 1 aromatic heterocycles. The van der Waals surface area contributed by atoms with Crippen LogP contribution in [0.15, 0.2) is 42.5 Å². The molecule has 3 rings (SSSR count). The van der Waals surface area contributed by atoms with Gasteiger partial charge in [0.15, 0.2) is 0 Å². The molecule has 0 atom stereocenters. The minimum Gasteiger partial charge on any atom is -0.381 e. The predicted octanol–water partition coefficient (Wildman–Crippen LogP) is 5.28. The first-order chi connectivity index (χ1) is 13.4. The Kier molecular flexibility index (Phi) is 6.30. The number of hydrogen-bond donors (Lipinski definition) is 2. The van der Waals surface area contributed by atoms with E-state index in [1.165, 1.54) is 16.6 Å². The molecule has 28 heavy (non-hydrogen) atoms. The molecule has 1 amide bonds. The molecule has 0 aliphatic rings. The second-order valence-corrected chi connectivity index (χ2v) is 7.88. The van der Waals surface area contributed by atoms with E-state index < -0.39 is 0 Å². The molecule has 0 saturated carbocycles. The largest absolute Gasteiger partial charge is 0.381 e. The number of rotatable bonds is 7. The number of benzene rings is 2. The summed E-state index contributed by atoms with van der Waals surface area (Å²) in [6.45, 7) is 7.09. The summed E-state index contributed by atoms with van der Waals surface area (Å²) in [6.07, 6.45) is 1.02. The van der Waals surface area contributed by atoms with E-state index in [4.69, 9.17) is 11.6 Å². The van der Waals surface area contributed by atoms with Crippen LogP contribution in [0.25, 0.3) is 10.9 Å². The SMILES string of the molecule is CCc1cc2cc(NCc3cc(CNC(=O)C(C)C)ccc3Cl)ccc2n1C. The van der Waals surface area contributed by atoms with Crippen molar-refractivity contribution in [2.45, 2.75) is 40.3 Å². The number of aryl methyl sites for hydroxylation is 2. The Bertz CT molecular complexity index is 991. The van der Waals surface area contributed by atoms with Crippen LogP contribution in [-0.4, -0.2) is 10.5 Å². The molecule has 0 fully saturated rings. The highest BCUT2D eigenvalue weighted by atomic mass is 35.5. The maximum atomic E-state index is 11.8. The summed E-state index contributed by atoms with van der Waals surface area (Å²) in [4.78, 5) is 11.8. The van der Waals surface area contributed by atoms with E-state index in [1.807, 2.05) is 32.0 Å². The molecular weight excluding hydrogens is 370 g/mol. The van der Waals surface area contributed by atoms with Gasteiger partial charge in [-0.25, -0.2) is 0 Å². The van der Waals surface area contributed by atoms with E-state index in [1.54, 1.807) is 0 Å². The van der Waals surface area contributed by atoms with Gasteiger partial charge in [-0.3, -0.25) is 4.79 Å². The minimum atomic E-state index is -0.0189. The van der Waals surface area contributed by atoms with Crippen molar-refractivity contribution < 1.29 is 4.79 Å². The molecule has 3 aromatic rings. The zero-order valence-corrected chi connectivity index (χ0v) is 17.7. The molecule has 5 heteroatoms. The van der Waals surface area contributed by atoms with Crippen LogP contribution in [0.2, 0.25) is 5.02 Å². The molecule has 0 unspecified atom stereocenters. The van der Waals surface area contributed by atoms with Gasteiger partial charge in [0.25, 0.3) is 0 Å². The van der Waals surface area contributed by atoms with Crippen molar-refractivity contribution in [1.29, 1.82) is 0 Å². The molecule has 148 valence electrons. The van der Waals surface area contributed by atoms with Gasteiger partial charge < -0.3 is 15.2 Å². The summed E-state index contributed by atoms with van der Waals surface area (Å²) in [5.41, 5.74) is 5.69. The Balaban J connectivity index is 1.70. The van der Waals surface area contributed by atoms with Gasteiger partial charge in [0.1, 0.15) is 0 Å². The number of carbonyl (C=O) groups excluding carboxylic acids is 1. The van der Waals surface area contributed by atoms with Gasteiger partial charge in [0, 0.05) is 53.4 Å². The smallest absolute Gasteiger partial charge is 0.222 e. The van der Waals surface area contributed by atoms with Crippen molar-refractivity contribution in [3.63, 3.8) is 0 Å². The summed E-state index contributed by atoms with van der Waals surface area (Å²) in [5, 5.41) is 8.38. The predicted molar refractivity (Wildman–Crippen MR) is 118 cm³/mol. The molecule has 0 aliphatic heterocycles. The van der Waals surface area contributed by atoms with Crippen molar-refractivity contribution >= 4 is 34.1 Å². The van der Waals surface area contributed by atoms with Crippen LogP contribution in [0.3, 0.4) is 0 Å². The molecule has 2 aromatic carbocycles. The third kappa shape index (κ3) is 4.50. The summed E-state index contributed by atoms with van der Waals surface area (Å²) in [6, 6.07) is 14.6. The Morgan fingerprint density at radius 1 is 1.11 bits per heavy atom. The topological polar surface area (TPSA) is 46.1 Å². The van der Waals surface area contributed by atoms with Gasteiger partial charge in [-0.05, 0) is 47.9 Å². The zero-order chi connectivity index (χ0) is 20.3. The average molecular weight is 398 g/mol. The number of nitrogens with zero attached hydrogens (tertiary/aromatic N) is 1. The fourth-order valence-corrected chi connectivity index (χ4v) is 3.50. The Morgan fingerprint density at radius 3 is 2.61 bits per heavy atom. The molecule has 2 N–H and O–H groups in total. The number of fused-ring (bicyclic) bond motifs is 1. The lowest BCUT2D eigenvalue weighted by Gasteiger charge is -2.12. The van der Waals surface area contributed by atoms with Gasteiger partial charge in [0.05, 0.1) is 0 Å². The monoisotopic (exact) mass is 397 g/mol. The molecule has 0 spiro atoms. The van der Waals surface area contributed by atoms with Crippen LogP contribution in [0.1, 0.15) is 37.6 Å². The number of nitrogens with one attached hydrogen (secondary N) is 2. The van der Waals surface area contributed by atoms with Gasteiger partial charge in [-0.2, -0.15) is 0 Å². The Labute approximate surface area is 171 Å². The second-order valence-electron chi connectivity index (χ2n) is 7.47. The van der Waals surface area contributed by atoms with Crippen molar-refractivity contribution in [3.05, 3.63) is 64.3 Å². The first-order valence-corrected chi connectivity index (χ1v) is 10.1. The normalized spacial score (nSPS) is 11.2. The Hall–Kier alpha value is -2.46. The highest BCUT2D eigenvalue weighted by molar-refractivity contribution is 6.31. The fraction of sp³-hybridized carbons (Fsp3) is 0.348. The van der Waals surface area contributed by atoms with Gasteiger partial charge in [0.2, 0.25) is 5.91 Å². The first kappa shape index (κ1) is 20.3. The second kappa shape index (κ2) is 8.70. The lowest BCUT2D eigenvalue weighted by Crippen LogP contribution is -2.27. The number of hydrogen-bond acceptors (Lipinski definition) is 2. The number of anilines is 1. The molecule has 1 heterocycles. The van der Waals surface area contributed by atoms with Crippen LogP contribution in [0.4, 0.5) is 5.69 Å². The third-order valence-corrected chi connectivity index (χ3v) is 5.46. The van der Waals surface area contributed by atoms with E-state index >= 15 is 0 Å².